The van der Waals surface area contributed by atoms with E-state index in [-0.39, 0.29) is 11.6 Å². The number of aliphatic hydroxyl groups is 1. The molecule has 0 amide bonds. The van der Waals surface area contributed by atoms with Crippen LogP contribution in [0.5, 0.6) is 5.75 Å². The van der Waals surface area contributed by atoms with E-state index in [0.717, 1.165) is 11.8 Å². The quantitative estimate of drug-likeness (QED) is 0.671. The first-order valence-corrected chi connectivity index (χ1v) is 9.00. The molecule has 0 saturated carbocycles. The number of aldehydes is 1. The van der Waals surface area contributed by atoms with E-state index in [1.54, 1.807) is 18.2 Å². The molecule has 1 N–H and O–H groups in total. The maximum atomic E-state index is 11.1. The van der Waals surface area contributed by atoms with Crippen molar-refractivity contribution >= 4 is 14.6 Å². The minimum Gasteiger partial charge on any atom is -0.543 e. The molecular weight excluding hydrogens is 244 g/mol. The molecule has 18 heavy (non-hydrogen) atoms. The van der Waals surface area contributed by atoms with Gasteiger partial charge in [0.25, 0.3) is 8.32 Å². The van der Waals surface area contributed by atoms with Crippen LogP contribution in [0.15, 0.2) is 18.2 Å². The summed E-state index contributed by atoms with van der Waals surface area (Å²) in [6.07, 6.45) is 0.779. The molecule has 0 atom stereocenters. The number of hydrogen-bond acceptors (Lipinski definition) is 3. The van der Waals surface area contributed by atoms with Crippen LogP contribution in [0.25, 0.3) is 0 Å². The molecule has 0 unspecified atom stereocenters. The first-order chi connectivity index (χ1) is 8.21. The second-order valence-corrected chi connectivity index (χ2v) is 10.7. The van der Waals surface area contributed by atoms with Gasteiger partial charge in [-0.15, -0.1) is 0 Å². The highest BCUT2D eigenvalue weighted by atomic mass is 28.4. The molecule has 4 heteroatoms. The fourth-order valence-corrected chi connectivity index (χ4v) is 2.35. The molecule has 0 aliphatic rings. The molecule has 0 bridgehead atoms. The number of rotatable bonds is 4. The second kappa shape index (κ2) is 5.24. The van der Waals surface area contributed by atoms with Crippen LogP contribution in [0.1, 0.15) is 36.7 Å². The molecule has 100 valence electrons. The Kier molecular flexibility index (Phi) is 4.35. The van der Waals surface area contributed by atoms with E-state index in [0.29, 0.717) is 11.3 Å². The highest BCUT2D eigenvalue weighted by molar-refractivity contribution is 6.74. The summed E-state index contributed by atoms with van der Waals surface area (Å²) in [5.41, 5.74) is 1.23. The molecule has 0 saturated heterocycles. The molecule has 0 heterocycles. The van der Waals surface area contributed by atoms with Crippen molar-refractivity contribution < 1.29 is 14.3 Å². The first-order valence-electron chi connectivity index (χ1n) is 6.09. The monoisotopic (exact) mass is 266 g/mol. The predicted octanol–water partition coefficient (Wildman–Crippen LogP) is 3.38. The summed E-state index contributed by atoms with van der Waals surface area (Å²) in [4.78, 5) is 11.1. The summed E-state index contributed by atoms with van der Waals surface area (Å²) < 4.78 is 6.11. The maximum absolute atomic E-state index is 11.1. The lowest BCUT2D eigenvalue weighted by Gasteiger charge is -2.36. The Bertz CT molecular complexity index is 433. The average Bonchev–Trinajstić information content (AvgIpc) is 2.27. The third-order valence-electron chi connectivity index (χ3n) is 3.56. The summed E-state index contributed by atoms with van der Waals surface area (Å²) in [6.45, 7) is 10.7. The highest BCUT2D eigenvalue weighted by Gasteiger charge is 2.39. The van der Waals surface area contributed by atoms with Crippen molar-refractivity contribution in [1.29, 1.82) is 0 Å². The van der Waals surface area contributed by atoms with Crippen LogP contribution in [0.4, 0.5) is 0 Å². The number of carbonyl (C=O) groups is 1. The van der Waals surface area contributed by atoms with Gasteiger partial charge in [0.2, 0.25) is 0 Å². The van der Waals surface area contributed by atoms with Crippen LogP contribution in [0.2, 0.25) is 18.1 Å². The predicted molar refractivity (Wildman–Crippen MR) is 75.6 cm³/mol. The molecule has 1 aromatic carbocycles. The lowest BCUT2D eigenvalue weighted by Crippen LogP contribution is -2.44. The average molecular weight is 266 g/mol. The summed E-state index contributed by atoms with van der Waals surface area (Å²) in [5, 5.41) is 9.15. The van der Waals surface area contributed by atoms with Crippen molar-refractivity contribution in [3.8, 4) is 5.75 Å². The minimum absolute atomic E-state index is 0.0682. The van der Waals surface area contributed by atoms with Gasteiger partial charge in [0.1, 0.15) is 5.75 Å². The zero-order valence-corrected chi connectivity index (χ0v) is 12.8. The summed E-state index contributed by atoms with van der Waals surface area (Å²) in [5.74, 6) is 0.619. The number of aliphatic hydroxyl groups excluding tert-OH is 1. The van der Waals surface area contributed by atoms with Gasteiger partial charge in [0.15, 0.2) is 6.29 Å². The van der Waals surface area contributed by atoms with Gasteiger partial charge in [-0.3, -0.25) is 4.79 Å². The van der Waals surface area contributed by atoms with Crippen molar-refractivity contribution in [2.24, 2.45) is 0 Å². The van der Waals surface area contributed by atoms with Crippen LogP contribution in [-0.2, 0) is 6.61 Å². The molecule has 0 aliphatic carbocycles. The van der Waals surface area contributed by atoms with Crippen molar-refractivity contribution in [3.63, 3.8) is 0 Å². The minimum atomic E-state index is -1.94. The Morgan fingerprint density at radius 2 is 1.94 bits per heavy atom. The van der Waals surface area contributed by atoms with Gasteiger partial charge in [-0.25, -0.2) is 0 Å². The molecule has 3 nitrogen and oxygen atoms in total. The van der Waals surface area contributed by atoms with Crippen molar-refractivity contribution in [3.05, 3.63) is 29.3 Å². The summed E-state index contributed by atoms with van der Waals surface area (Å²) in [7, 11) is -1.94. The fraction of sp³-hybridized carbons (Fsp3) is 0.500. The van der Waals surface area contributed by atoms with E-state index in [2.05, 4.69) is 33.9 Å². The van der Waals surface area contributed by atoms with E-state index in [1.165, 1.54) is 0 Å². The molecule has 0 aliphatic heterocycles. The lowest BCUT2D eigenvalue weighted by atomic mass is 10.1. The van der Waals surface area contributed by atoms with Crippen LogP contribution in [0, 0.1) is 0 Å². The topological polar surface area (TPSA) is 46.5 Å². The smallest absolute Gasteiger partial charge is 0.250 e. The Labute approximate surface area is 110 Å². The largest absolute Gasteiger partial charge is 0.543 e. The Morgan fingerprint density at radius 3 is 2.39 bits per heavy atom. The van der Waals surface area contributed by atoms with E-state index >= 15 is 0 Å². The Hall–Kier alpha value is -1.13. The normalized spacial score (nSPS) is 12.3. The van der Waals surface area contributed by atoms with E-state index in [9.17, 15) is 4.79 Å². The molecule has 0 spiro atoms. The van der Waals surface area contributed by atoms with Gasteiger partial charge in [0, 0.05) is 0 Å². The van der Waals surface area contributed by atoms with Crippen molar-refractivity contribution in [2.45, 2.75) is 45.5 Å². The van der Waals surface area contributed by atoms with Gasteiger partial charge in [-0.05, 0) is 35.8 Å². The zero-order chi connectivity index (χ0) is 14.0. The summed E-state index contributed by atoms with van der Waals surface area (Å²) in [6, 6.07) is 5.24. The van der Waals surface area contributed by atoms with Crippen LogP contribution >= 0.6 is 0 Å². The van der Waals surface area contributed by atoms with Gasteiger partial charge in [0.05, 0.1) is 12.2 Å². The van der Waals surface area contributed by atoms with Gasteiger partial charge >= 0.3 is 0 Å². The summed E-state index contributed by atoms with van der Waals surface area (Å²) >= 11 is 0. The van der Waals surface area contributed by atoms with Gasteiger partial charge in [-0.1, -0.05) is 26.8 Å². The molecule has 0 fully saturated rings. The standard InChI is InChI=1S/C14H22O3Si/c1-14(2,3)18(4,5)17-13-7-6-11(9-15)8-12(13)10-16/h6-8,10,15H,9H2,1-5H3. The van der Waals surface area contributed by atoms with Gasteiger partial charge in [-0.2, -0.15) is 0 Å². The molecule has 1 aromatic rings. The SMILES string of the molecule is CC(C)(C)[Si](C)(C)Oc1ccc(CO)cc1C=O. The van der Waals surface area contributed by atoms with Crippen LogP contribution in [-0.4, -0.2) is 19.7 Å². The second-order valence-electron chi connectivity index (χ2n) is 6.01. The Morgan fingerprint density at radius 1 is 1.33 bits per heavy atom. The Balaban J connectivity index is 3.08. The number of hydrogen-bond donors (Lipinski definition) is 1. The van der Waals surface area contributed by atoms with Crippen LogP contribution < -0.4 is 4.43 Å². The van der Waals surface area contributed by atoms with Gasteiger partial charge < -0.3 is 9.53 Å². The van der Waals surface area contributed by atoms with E-state index in [1.807, 2.05) is 0 Å². The lowest BCUT2D eigenvalue weighted by molar-refractivity contribution is 0.112. The van der Waals surface area contributed by atoms with Crippen molar-refractivity contribution in [2.75, 3.05) is 0 Å². The first kappa shape index (κ1) is 14.9. The van der Waals surface area contributed by atoms with E-state index in [4.69, 9.17) is 9.53 Å². The van der Waals surface area contributed by atoms with E-state index < -0.39 is 8.32 Å². The highest BCUT2D eigenvalue weighted by Crippen LogP contribution is 2.38. The molecule has 0 aromatic heterocycles. The fourth-order valence-electron chi connectivity index (χ4n) is 1.31. The third kappa shape index (κ3) is 3.20. The molecule has 0 radical (unpaired) electrons. The maximum Gasteiger partial charge on any atom is 0.250 e. The number of carbonyl (C=O) groups excluding carboxylic acids is 1. The number of benzene rings is 1. The van der Waals surface area contributed by atoms with Crippen LogP contribution in [0.3, 0.4) is 0 Å². The van der Waals surface area contributed by atoms with Crippen molar-refractivity contribution in [1.82, 2.24) is 0 Å². The molecular formula is C14H22O3Si. The zero-order valence-electron chi connectivity index (χ0n) is 11.8. The molecule has 1 rings (SSSR count). The third-order valence-corrected chi connectivity index (χ3v) is 7.90.